The van der Waals surface area contributed by atoms with Crippen LogP contribution in [0.25, 0.3) is 0 Å². The maximum Gasteiger partial charge on any atom is 0.164 e. The number of nitrogens with two attached hydrogens (primary N) is 1. The minimum atomic E-state index is -0.642. The molecule has 0 bridgehead atoms. The van der Waals surface area contributed by atoms with Crippen LogP contribution in [-0.2, 0) is 9.53 Å². The Bertz CT molecular complexity index is 1260. The number of benzene rings is 2. The molecular formula is C28H30N4O4. The molecule has 0 amide bonds. The highest BCUT2D eigenvalue weighted by Gasteiger charge is 2.45. The minimum Gasteiger partial charge on any atom is -0.493 e. The van der Waals surface area contributed by atoms with Crippen molar-refractivity contribution in [2.24, 2.45) is 5.73 Å². The average molecular weight is 487 g/mol. The third kappa shape index (κ3) is 4.00. The van der Waals surface area contributed by atoms with Gasteiger partial charge in [-0.1, -0.05) is 42.5 Å². The molecule has 0 saturated carbocycles. The molecule has 0 radical (unpaired) electrons. The van der Waals surface area contributed by atoms with Gasteiger partial charge in [0.05, 0.1) is 45.0 Å². The lowest BCUT2D eigenvalue weighted by Crippen LogP contribution is -2.52. The van der Waals surface area contributed by atoms with Gasteiger partial charge in [0, 0.05) is 36.3 Å². The SMILES string of the molecule is COc1cccc(C2C(C#N)=C(N)N(N3CCOCC3)C3=C2C(=O)CC(c2ccccc2)C3)c1OC. The van der Waals surface area contributed by atoms with Gasteiger partial charge in [-0.05, 0) is 24.0 Å². The van der Waals surface area contributed by atoms with Crippen LogP contribution in [0.2, 0.25) is 0 Å². The number of allylic oxidation sites excluding steroid dienone is 3. The number of morpholine rings is 1. The van der Waals surface area contributed by atoms with E-state index in [1.807, 2.05) is 35.3 Å². The van der Waals surface area contributed by atoms with Crippen molar-refractivity contribution in [2.75, 3.05) is 40.5 Å². The molecule has 0 spiro atoms. The van der Waals surface area contributed by atoms with Gasteiger partial charge < -0.3 is 19.9 Å². The van der Waals surface area contributed by atoms with Crippen LogP contribution in [0.1, 0.15) is 35.8 Å². The summed E-state index contributed by atoms with van der Waals surface area (Å²) in [4.78, 5) is 14.0. The van der Waals surface area contributed by atoms with E-state index in [4.69, 9.17) is 19.9 Å². The first-order chi connectivity index (χ1) is 17.6. The zero-order valence-electron chi connectivity index (χ0n) is 20.6. The number of methoxy groups -OCH3 is 2. The van der Waals surface area contributed by atoms with Crippen molar-refractivity contribution in [1.82, 2.24) is 10.0 Å². The van der Waals surface area contributed by atoms with Crippen LogP contribution in [0.5, 0.6) is 11.5 Å². The zero-order chi connectivity index (χ0) is 25.2. The summed E-state index contributed by atoms with van der Waals surface area (Å²) in [6.45, 7) is 2.34. The number of hydrogen-bond donors (Lipinski definition) is 1. The van der Waals surface area contributed by atoms with Crippen LogP contribution in [0.3, 0.4) is 0 Å². The van der Waals surface area contributed by atoms with Crippen molar-refractivity contribution in [2.45, 2.75) is 24.7 Å². The number of nitrogens with zero attached hydrogens (tertiary/aromatic N) is 3. The van der Waals surface area contributed by atoms with Crippen LogP contribution in [0, 0.1) is 11.3 Å². The Kier molecular flexibility index (Phi) is 6.68. The molecule has 3 aliphatic rings. The lowest BCUT2D eigenvalue weighted by molar-refractivity contribution is -0.117. The number of hydrogen-bond acceptors (Lipinski definition) is 8. The van der Waals surface area contributed by atoms with Crippen molar-refractivity contribution in [1.29, 1.82) is 5.26 Å². The second-order valence-corrected chi connectivity index (χ2v) is 9.10. The number of carbonyl (C=O) groups excluding carboxylic acids is 1. The Morgan fingerprint density at radius 3 is 2.44 bits per heavy atom. The Morgan fingerprint density at radius 2 is 1.78 bits per heavy atom. The molecule has 5 rings (SSSR count). The second-order valence-electron chi connectivity index (χ2n) is 9.10. The van der Waals surface area contributed by atoms with Gasteiger partial charge in [0.25, 0.3) is 0 Å². The molecule has 2 unspecified atom stereocenters. The van der Waals surface area contributed by atoms with E-state index in [9.17, 15) is 10.1 Å². The van der Waals surface area contributed by atoms with Gasteiger partial charge in [-0.15, -0.1) is 0 Å². The standard InChI is InChI=1S/C28H30N4O4/c1-34-24-10-6-9-20(27(24)35-2)25-21(17-29)28(30)32(31-11-13-36-14-12-31)22-15-19(16-23(33)26(22)25)18-7-4-3-5-8-18/h3-10,19,25H,11-16,30H2,1-2H3. The van der Waals surface area contributed by atoms with E-state index in [1.54, 1.807) is 20.3 Å². The summed E-state index contributed by atoms with van der Waals surface area (Å²) < 4.78 is 16.8. The molecule has 2 heterocycles. The number of hydrazine groups is 1. The van der Waals surface area contributed by atoms with Gasteiger partial charge in [0.2, 0.25) is 0 Å². The van der Waals surface area contributed by atoms with Crippen LogP contribution in [0.4, 0.5) is 0 Å². The lowest BCUT2D eigenvalue weighted by Gasteiger charge is -2.47. The van der Waals surface area contributed by atoms with E-state index in [1.165, 1.54) is 0 Å². The summed E-state index contributed by atoms with van der Waals surface area (Å²) in [5.41, 5.74) is 10.4. The van der Waals surface area contributed by atoms with Gasteiger partial charge in [-0.3, -0.25) is 9.80 Å². The summed E-state index contributed by atoms with van der Waals surface area (Å²) in [5, 5.41) is 14.3. The van der Waals surface area contributed by atoms with Crippen molar-refractivity contribution >= 4 is 5.78 Å². The normalized spacial score (nSPS) is 22.8. The quantitative estimate of drug-likeness (QED) is 0.686. The van der Waals surface area contributed by atoms with E-state index in [-0.39, 0.29) is 11.7 Å². The number of carbonyl (C=O) groups is 1. The summed E-state index contributed by atoms with van der Waals surface area (Å²) in [5.74, 6) is 0.763. The number of nitriles is 1. The fraction of sp³-hybridized carbons (Fsp3) is 0.357. The van der Waals surface area contributed by atoms with Crippen LogP contribution < -0.4 is 15.2 Å². The second kappa shape index (κ2) is 10.1. The average Bonchev–Trinajstić information content (AvgIpc) is 2.92. The molecule has 2 atom stereocenters. The number of para-hydroxylation sites is 1. The number of Topliss-reactive ketones (excluding diaryl/α,β-unsaturated/α-hetero) is 1. The summed E-state index contributed by atoms with van der Waals surface area (Å²) in [6.07, 6.45) is 0.992. The topological polar surface area (TPSA) is 101 Å². The Labute approximate surface area is 211 Å². The maximum atomic E-state index is 14.0. The van der Waals surface area contributed by atoms with Crippen molar-refractivity contribution in [3.8, 4) is 17.6 Å². The van der Waals surface area contributed by atoms with Gasteiger partial charge in [0.15, 0.2) is 17.3 Å². The molecule has 2 aromatic rings. The molecule has 2 N–H and O–H groups in total. The highest BCUT2D eigenvalue weighted by Crippen LogP contribution is 2.51. The van der Waals surface area contributed by atoms with Crippen LogP contribution in [-0.4, -0.2) is 56.3 Å². The van der Waals surface area contributed by atoms with Gasteiger partial charge in [-0.25, -0.2) is 5.01 Å². The predicted octanol–water partition coefficient (Wildman–Crippen LogP) is 3.44. The third-order valence-corrected chi connectivity index (χ3v) is 7.23. The minimum absolute atomic E-state index is 0.0125. The molecule has 186 valence electrons. The Morgan fingerprint density at radius 1 is 1.03 bits per heavy atom. The monoisotopic (exact) mass is 486 g/mol. The van der Waals surface area contributed by atoms with E-state index in [2.05, 4.69) is 23.2 Å². The molecule has 8 heteroatoms. The predicted molar refractivity (Wildman–Crippen MR) is 134 cm³/mol. The van der Waals surface area contributed by atoms with E-state index in [0.29, 0.717) is 73.2 Å². The van der Waals surface area contributed by atoms with E-state index in [0.717, 1.165) is 11.3 Å². The first-order valence-electron chi connectivity index (χ1n) is 12.1. The van der Waals surface area contributed by atoms with Gasteiger partial charge >= 0.3 is 0 Å². The highest BCUT2D eigenvalue weighted by atomic mass is 16.5. The van der Waals surface area contributed by atoms with Crippen molar-refractivity contribution in [3.63, 3.8) is 0 Å². The molecule has 1 saturated heterocycles. The first kappa shape index (κ1) is 23.9. The van der Waals surface area contributed by atoms with E-state index < -0.39 is 5.92 Å². The van der Waals surface area contributed by atoms with Gasteiger partial charge in [-0.2, -0.15) is 5.26 Å². The third-order valence-electron chi connectivity index (χ3n) is 7.23. The number of ether oxygens (including phenoxy) is 3. The van der Waals surface area contributed by atoms with Crippen molar-refractivity contribution in [3.05, 3.63) is 82.3 Å². The number of rotatable bonds is 5. The molecule has 8 nitrogen and oxygen atoms in total. The highest BCUT2D eigenvalue weighted by molar-refractivity contribution is 6.00. The molecule has 0 aromatic heterocycles. The van der Waals surface area contributed by atoms with Crippen LogP contribution in [0.15, 0.2) is 71.2 Å². The summed E-state index contributed by atoms with van der Waals surface area (Å²) in [6, 6.07) is 17.9. The smallest absolute Gasteiger partial charge is 0.164 e. The largest absolute Gasteiger partial charge is 0.493 e. The summed E-state index contributed by atoms with van der Waals surface area (Å²) >= 11 is 0. The van der Waals surface area contributed by atoms with Crippen molar-refractivity contribution < 1.29 is 19.0 Å². The van der Waals surface area contributed by atoms with E-state index >= 15 is 0 Å². The zero-order valence-corrected chi connectivity index (χ0v) is 20.6. The molecule has 1 aliphatic carbocycles. The molecule has 1 fully saturated rings. The lowest BCUT2D eigenvalue weighted by atomic mass is 9.72. The first-order valence-corrected chi connectivity index (χ1v) is 12.1. The summed E-state index contributed by atoms with van der Waals surface area (Å²) in [7, 11) is 3.13. The Balaban J connectivity index is 1.71. The molecule has 36 heavy (non-hydrogen) atoms. The molecule has 2 aliphatic heterocycles. The Hall–Kier alpha value is -3.80. The fourth-order valence-electron chi connectivity index (χ4n) is 5.60. The van der Waals surface area contributed by atoms with Gasteiger partial charge in [0.1, 0.15) is 5.82 Å². The molecular weight excluding hydrogens is 456 g/mol. The van der Waals surface area contributed by atoms with Crippen LogP contribution >= 0.6 is 0 Å². The maximum absolute atomic E-state index is 14.0. The molecule has 2 aromatic carbocycles. The number of ketones is 1. The fourth-order valence-corrected chi connectivity index (χ4v) is 5.60.